The number of rotatable bonds is 6. The minimum Gasteiger partial charge on any atom is -0.493 e. The van der Waals surface area contributed by atoms with Gasteiger partial charge in [0.2, 0.25) is 5.75 Å². The van der Waals surface area contributed by atoms with Crippen molar-refractivity contribution in [1.29, 1.82) is 0 Å². The molecule has 6 nitrogen and oxygen atoms in total. The number of nitrogens with one attached hydrogen (secondary N) is 1. The molecule has 2 rings (SSSR count). The Balaban J connectivity index is 2.22. The van der Waals surface area contributed by atoms with E-state index >= 15 is 0 Å². The van der Waals surface area contributed by atoms with Crippen molar-refractivity contribution in [3.63, 3.8) is 0 Å². The van der Waals surface area contributed by atoms with Crippen molar-refractivity contribution < 1.29 is 14.2 Å². The second-order valence-electron chi connectivity index (χ2n) is 4.65. The van der Waals surface area contributed by atoms with Gasteiger partial charge in [0, 0.05) is 42.7 Å². The fourth-order valence-electron chi connectivity index (χ4n) is 2.10. The van der Waals surface area contributed by atoms with Crippen LogP contribution in [0.15, 0.2) is 18.3 Å². The highest BCUT2D eigenvalue weighted by atomic mass is 16.5. The van der Waals surface area contributed by atoms with Crippen LogP contribution in [0.4, 0.5) is 5.69 Å². The van der Waals surface area contributed by atoms with Crippen LogP contribution < -0.4 is 19.5 Å². The average Bonchev–Trinajstić information content (AvgIpc) is 2.83. The molecule has 0 aliphatic carbocycles. The highest BCUT2D eigenvalue weighted by Crippen LogP contribution is 2.40. The molecule has 0 aliphatic heterocycles. The minimum atomic E-state index is 0.586. The average molecular weight is 291 g/mol. The predicted molar refractivity (Wildman–Crippen MR) is 81.4 cm³/mol. The normalized spacial score (nSPS) is 10.3. The SMILES string of the molecule is COc1cc(NCc2cnn(C)c2C)cc(OC)c1OC. The predicted octanol–water partition coefficient (Wildman–Crippen LogP) is 2.37. The number of benzene rings is 1. The molecule has 0 amide bonds. The molecule has 2 aromatic rings. The zero-order valence-corrected chi connectivity index (χ0v) is 13.1. The van der Waals surface area contributed by atoms with Crippen molar-refractivity contribution in [2.75, 3.05) is 26.6 Å². The molecule has 0 saturated heterocycles. The Hall–Kier alpha value is -2.37. The molecule has 1 heterocycles. The molecule has 1 aromatic heterocycles. The summed E-state index contributed by atoms with van der Waals surface area (Å²) in [7, 11) is 6.73. The van der Waals surface area contributed by atoms with Crippen molar-refractivity contribution in [3.05, 3.63) is 29.6 Å². The molecular formula is C15H21N3O3. The fourth-order valence-corrected chi connectivity index (χ4v) is 2.10. The number of ether oxygens (including phenoxy) is 3. The maximum atomic E-state index is 5.34. The van der Waals surface area contributed by atoms with Gasteiger partial charge >= 0.3 is 0 Å². The lowest BCUT2D eigenvalue weighted by molar-refractivity contribution is 0.324. The highest BCUT2D eigenvalue weighted by molar-refractivity contribution is 5.62. The Morgan fingerprint density at radius 1 is 1.10 bits per heavy atom. The van der Waals surface area contributed by atoms with Crippen LogP contribution in [0.2, 0.25) is 0 Å². The molecule has 0 fully saturated rings. The van der Waals surface area contributed by atoms with Gasteiger partial charge in [-0.2, -0.15) is 5.10 Å². The summed E-state index contributed by atoms with van der Waals surface area (Å²) in [5.74, 6) is 1.84. The van der Waals surface area contributed by atoms with Gasteiger partial charge in [0.05, 0.1) is 27.5 Å². The molecule has 0 aliphatic rings. The van der Waals surface area contributed by atoms with E-state index in [9.17, 15) is 0 Å². The summed E-state index contributed by atoms with van der Waals surface area (Å²) in [6.45, 7) is 2.72. The van der Waals surface area contributed by atoms with E-state index in [2.05, 4.69) is 10.4 Å². The Morgan fingerprint density at radius 3 is 2.14 bits per heavy atom. The lowest BCUT2D eigenvalue weighted by Gasteiger charge is -2.15. The molecule has 0 saturated carbocycles. The van der Waals surface area contributed by atoms with Crippen LogP contribution in [0.25, 0.3) is 0 Å². The first-order valence-electron chi connectivity index (χ1n) is 6.62. The van der Waals surface area contributed by atoms with Crippen molar-refractivity contribution in [2.24, 2.45) is 7.05 Å². The van der Waals surface area contributed by atoms with Crippen LogP contribution in [0.1, 0.15) is 11.3 Å². The van der Waals surface area contributed by atoms with E-state index in [1.54, 1.807) is 21.3 Å². The Morgan fingerprint density at radius 2 is 1.71 bits per heavy atom. The van der Waals surface area contributed by atoms with Crippen LogP contribution in [0.3, 0.4) is 0 Å². The maximum absolute atomic E-state index is 5.34. The van der Waals surface area contributed by atoms with Gasteiger partial charge in [-0.15, -0.1) is 0 Å². The third kappa shape index (κ3) is 3.04. The van der Waals surface area contributed by atoms with Gasteiger partial charge in [0.15, 0.2) is 11.5 Å². The third-order valence-electron chi connectivity index (χ3n) is 3.48. The fraction of sp³-hybridized carbons (Fsp3) is 0.400. The monoisotopic (exact) mass is 291 g/mol. The van der Waals surface area contributed by atoms with Crippen molar-refractivity contribution in [1.82, 2.24) is 9.78 Å². The lowest BCUT2D eigenvalue weighted by atomic mass is 10.2. The van der Waals surface area contributed by atoms with Crippen LogP contribution in [0.5, 0.6) is 17.2 Å². The first-order chi connectivity index (χ1) is 10.1. The molecule has 0 unspecified atom stereocenters. The van der Waals surface area contributed by atoms with Crippen LogP contribution in [-0.2, 0) is 13.6 Å². The number of aryl methyl sites for hydroxylation is 1. The number of anilines is 1. The summed E-state index contributed by atoms with van der Waals surface area (Å²) >= 11 is 0. The molecule has 1 aromatic carbocycles. The topological polar surface area (TPSA) is 57.5 Å². The highest BCUT2D eigenvalue weighted by Gasteiger charge is 2.13. The Bertz CT molecular complexity index is 598. The zero-order chi connectivity index (χ0) is 15.4. The van der Waals surface area contributed by atoms with Gasteiger partial charge in [-0.1, -0.05) is 0 Å². The van der Waals surface area contributed by atoms with Gasteiger partial charge < -0.3 is 19.5 Å². The molecule has 21 heavy (non-hydrogen) atoms. The van der Waals surface area contributed by atoms with E-state index in [1.165, 1.54) is 0 Å². The van der Waals surface area contributed by atoms with Gasteiger partial charge in [0.1, 0.15) is 0 Å². The van der Waals surface area contributed by atoms with Gasteiger partial charge in [-0.25, -0.2) is 0 Å². The first kappa shape index (κ1) is 15.0. The molecule has 0 atom stereocenters. The third-order valence-corrected chi connectivity index (χ3v) is 3.48. The molecular weight excluding hydrogens is 270 g/mol. The molecule has 0 bridgehead atoms. The Labute approximate surface area is 124 Å². The van der Waals surface area contributed by atoms with Crippen molar-refractivity contribution >= 4 is 5.69 Å². The van der Waals surface area contributed by atoms with Crippen LogP contribution in [-0.4, -0.2) is 31.1 Å². The smallest absolute Gasteiger partial charge is 0.203 e. The second-order valence-corrected chi connectivity index (χ2v) is 4.65. The van der Waals surface area contributed by atoms with E-state index in [0.29, 0.717) is 23.8 Å². The molecule has 6 heteroatoms. The zero-order valence-electron chi connectivity index (χ0n) is 13.1. The van der Waals surface area contributed by atoms with E-state index in [4.69, 9.17) is 14.2 Å². The van der Waals surface area contributed by atoms with Gasteiger partial charge in [0.25, 0.3) is 0 Å². The first-order valence-corrected chi connectivity index (χ1v) is 6.62. The summed E-state index contributed by atoms with van der Waals surface area (Å²) in [5.41, 5.74) is 3.17. The van der Waals surface area contributed by atoms with E-state index in [1.807, 2.05) is 37.0 Å². The molecule has 0 spiro atoms. The number of nitrogens with zero attached hydrogens (tertiary/aromatic N) is 2. The summed E-state index contributed by atoms with van der Waals surface area (Å²) in [6, 6.07) is 3.76. The van der Waals surface area contributed by atoms with Gasteiger partial charge in [-0.3, -0.25) is 4.68 Å². The van der Waals surface area contributed by atoms with E-state index in [0.717, 1.165) is 16.9 Å². The number of hydrogen-bond donors (Lipinski definition) is 1. The van der Waals surface area contributed by atoms with Crippen molar-refractivity contribution in [3.8, 4) is 17.2 Å². The molecule has 114 valence electrons. The minimum absolute atomic E-state index is 0.586. The summed E-state index contributed by atoms with van der Waals surface area (Å²) in [4.78, 5) is 0. The quantitative estimate of drug-likeness (QED) is 0.885. The maximum Gasteiger partial charge on any atom is 0.203 e. The summed E-state index contributed by atoms with van der Waals surface area (Å²) < 4.78 is 17.8. The van der Waals surface area contributed by atoms with Crippen molar-refractivity contribution in [2.45, 2.75) is 13.5 Å². The van der Waals surface area contributed by atoms with E-state index < -0.39 is 0 Å². The van der Waals surface area contributed by atoms with Crippen LogP contribution >= 0.6 is 0 Å². The second kappa shape index (κ2) is 6.39. The Kier molecular flexibility index (Phi) is 4.57. The van der Waals surface area contributed by atoms with E-state index in [-0.39, 0.29) is 0 Å². The largest absolute Gasteiger partial charge is 0.493 e. The molecule has 1 N–H and O–H groups in total. The summed E-state index contributed by atoms with van der Waals surface area (Å²) in [6.07, 6.45) is 1.86. The van der Waals surface area contributed by atoms with Gasteiger partial charge in [-0.05, 0) is 6.92 Å². The summed E-state index contributed by atoms with van der Waals surface area (Å²) in [5, 5.41) is 7.58. The van der Waals surface area contributed by atoms with Crippen LogP contribution in [0, 0.1) is 6.92 Å². The lowest BCUT2D eigenvalue weighted by Crippen LogP contribution is -2.03. The number of hydrogen-bond acceptors (Lipinski definition) is 5. The molecule has 0 radical (unpaired) electrons. The number of aromatic nitrogens is 2. The standard InChI is InChI=1S/C15H21N3O3/c1-10-11(9-17-18(10)2)8-16-12-6-13(19-3)15(21-5)14(7-12)20-4/h6-7,9,16H,8H2,1-5H3. The number of methoxy groups -OCH3 is 3.